The molecule has 102 valence electrons. The predicted octanol–water partition coefficient (Wildman–Crippen LogP) is 5.49. The van der Waals surface area contributed by atoms with E-state index in [1.165, 1.54) is 56.9 Å². The smallest absolute Gasteiger partial charge is 0.0934 e. The Morgan fingerprint density at radius 1 is 0.722 bits per heavy atom. The Balaban J connectivity index is 2.08. The summed E-state index contributed by atoms with van der Waals surface area (Å²) >= 11 is 0. The molecule has 0 saturated carbocycles. The van der Waals surface area contributed by atoms with E-state index in [1.54, 1.807) is 0 Å². The van der Waals surface area contributed by atoms with E-state index >= 15 is 0 Å². The molecule has 0 fully saturated rings. The summed E-state index contributed by atoms with van der Waals surface area (Å²) in [6.45, 7) is 2.00. The van der Waals surface area contributed by atoms with Gasteiger partial charge in [0, 0.05) is 6.42 Å². The summed E-state index contributed by atoms with van der Waals surface area (Å²) in [4.78, 5) is 0. The van der Waals surface area contributed by atoms with Crippen LogP contribution < -0.4 is 0 Å². The maximum absolute atomic E-state index is 12.2. The van der Waals surface area contributed by atoms with Gasteiger partial charge in [0.1, 0.15) is 0 Å². The van der Waals surface area contributed by atoms with Gasteiger partial charge in [-0.05, 0) is 24.0 Å². The molecule has 0 N–H and O–H groups in total. The van der Waals surface area contributed by atoms with Crippen molar-refractivity contribution in [2.24, 2.45) is 0 Å². The number of benzene rings is 1. The topological polar surface area (TPSA) is 0 Å². The first-order chi connectivity index (χ1) is 8.86. The molecule has 0 aromatic heterocycles. The molecule has 0 aliphatic carbocycles. The zero-order valence-corrected chi connectivity index (χ0v) is 11.8. The maximum atomic E-state index is 12.2. The van der Waals surface area contributed by atoms with Gasteiger partial charge in [-0.25, -0.2) is 0 Å². The van der Waals surface area contributed by atoms with Crippen LogP contribution in [0.15, 0.2) is 24.3 Å². The van der Waals surface area contributed by atoms with Crippen LogP contribution in [0.1, 0.15) is 63.0 Å². The molecule has 1 aromatic carbocycles. The molecule has 0 radical (unpaired) electrons. The van der Waals surface area contributed by atoms with Crippen LogP contribution in [-0.2, 0) is 12.8 Å². The third-order valence-electron chi connectivity index (χ3n) is 3.48. The number of unbranched alkanes of at least 4 members (excludes halogenated alkanes) is 6. The van der Waals surface area contributed by atoms with Crippen molar-refractivity contribution in [2.75, 3.05) is 6.67 Å². The number of aryl methyl sites for hydroxylation is 2. The molecule has 0 unspecified atom stereocenters. The van der Waals surface area contributed by atoms with Crippen molar-refractivity contribution < 1.29 is 4.39 Å². The predicted molar refractivity (Wildman–Crippen MR) is 77.8 cm³/mol. The Morgan fingerprint density at radius 3 is 1.78 bits per heavy atom. The van der Waals surface area contributed by atoms with Crippen molar-refractivity contribution in [2.45, 2.75) is 64.7 Å². The summed E-state index contributed by atoms with van der Waals surface area (Å²) in [5, 5.41) is 0. The highest BCUT2D eigenvalue weighted by atomic mass is 19.1. The second kappa shape index (κ2) is 10.1. The molecule has 1 aromatic rings. The molecule has 0 atom stereocenters. The minimum absolute atomic E-state index is 0.253. The van der Waals surface area contributed by atoms with Crippen LogP contribution in [0.5, 0.6) is 0 Å². The summed E-state index contributed by atoms with van der Waals surface area (Å²) < 4.78 is 12.2. The van der Waals surface area contributed by atoms with Gasteiger partial charge in [-0.1, -0.05) is 69.7 Å². The van der Waals surface area contributed by atoms with Crippen LogP contribution in [0.25, 0.3) is 0 Å². The zero-order valence-electron chi connectivity index (χ0n) is 11.8. The fourth-order valence-corrected chi connectivity index (χ4v) is 2.27. The summed E-state index contributed by atoms with van der Waals surface area (Å²) in [5.41, 5.74) is 2.51. The van der Waals surface area contributed by atoms with Crippen molar-refractivity contribution in [1.29, 1.82) is 0 Å². The lowest BCUT2D eigenvalue weighted by Crippen LogP contribution is -1.90. The van der Waals surface area contributed by atoms with Gasteiger partial charge in [-0.15, -0.1) is 0 Å². The third-order valence-corrected chi connectivity index (χ3v) is 3.48. The largest absolute Gasteiger partial charge is 0.251 e. The van der Waals surface area contributed by atoms with Gasteiger partial charge in [0.05, 0.1) is 6.67 Å². The molecule has 1 rings (SSSR count). The van der Waals surface area contributed by atoms with E-state index in [-0.39, 0.29) is 6.67 Å². The molecule has 0 nitrogen and oxygen atoms in total. The summed E-state index contributed by atoms with van der Waals surface area (Å²) in [7, 11) is 0. The molecule has 0 spiro atoms. The minimum atomic E-state index is -0.253. The number of rotatable bonds is 10. The van der Waals surface area contributed by atoms with Gasteiger partial charge in [0.15, 0.2) is 0 Å². The van der Waals surface area contributed by atoms with Crippen LogP contribution in [0, 0.1) is 0 Å². The standard InChI is InChI=1S/C17H27F/c1-2-3-4-5-6-7-8-9-16-10-12-17(13-11-16)14-15-18/h10-13H,2-9,14-15H2,1H3. The molecule has 0 bridgehead atoms. The molecule has 0 heterocycles. The Kier molecular flexibility index (Phi) is 8.54. The lowest BCUT2D eigenvalue weighted by molar-refractivity contribution is 0.495. The van der Waals surface area contributed by atoms with Crippen LogP contribution in [0.3, 0.4) is 0 Å². The highest BCUT2D eigenvalue weighted by Crippen LogP contribution is 2.12. The molecule has 1 heteroatoms. The van der Waals surface area contributed by atoms with E-state index in [1.807, 2.05) is 0 Å². The number of hydrogen-bond donors (Lipinski definition) is 0. The minimum Gasteiger partial charge on any atom is -0.251 e. The van der Waals surface area contributed by atoms with Crippen molar-refractivity contribution in [1.82, 2.24) is 0 Å². The second-order valence-electron chi connectivity index (χ2n) is 5.13. The van der Waals surface area contributed by atoms with Crippen molar-refractivity contribution in [3.05, 3.63) is 35.4 Å². The van der Waals surface area contributed by atoms with Crippen LogP contribution in [-0.4, -0.2) is 6.67 Å². The van der Waals surface area contributed by atoms with E-state index in [0.717, 1.165) is 5.56 Å². The zero-order chi connectivity index (χ0) is 13.1. The Morgan fingerprint density at radius 2 is 1.22 bits per heavy atom. The molecule has 0 aliphatic rings. The molecular weight excluding hydrogens is 223 g/mol. The first kappa shape index (κ1) is 15.2. The average Bonchev–Trinajstić information content (AvgIpc) is 2.40. The van der Waals surface area contributed by atoms with Gasteiger partial charge < -0.3 is 0 Å². The van der Waals surface area contributed by atoms with Gasteiger partial charge in [-0.3, -0.25) is 4.39 Å². The normalized spacial score (nSPS) is 10.8. The summed E-state index contributed by atoms with van der Waals surface area (Å²) in [6, 6.07) is 8.44. The van der Waals surface area contributed by atoms with Gasteiger partial charge >= 0.3 is 0 Å². The van der Waals surface area contributed by atoms with Crippen LogP contribution in [0.2, 0.25) is 0 Å². The van der Waals surface area contributed by atoms with E-state index in [4.69, 9.17) is 0 Å². The fraction of sp³-hybridized carbons (Fsp3) is 0.647. The van der Waals surface area contributed by atoms with E-state index in [9.17, 15) is 4.39 Å². The van der Waals surface area contributed by atoms with Crippen LogP contribution in [0.4, 0.5) is 4.39 Å². The molecule has 18 heavy (non-hydrogen) atoms. The van der Waals surface area contributed by atoms with Gasteiger partial charge in [-0.2, -0.15) is 0 Å². The maximum Gasteiger partial charge on any atom is 0.0934 e. The quantitative estimate of drug-likeness (QED) is 0.481. The first-order valence-electron chi connectivity index (χ1n) is 7.50. The Hall–Kier alpha value is -0.850. The Labute approximate surface area is 112 Å². The molecular formula is C17H27F. The molecule has 0 amide bonds. The van der Waals surface area contributed by atoms with Gasteiger partial charge in [0.2, 0.25) is 0 Å². The monoisotopic (exact) mass is 250 g/mol. The SMILES string of the molecule is CCCCCCCCCc1ccc(CCF)cc1. The number of hydrogen-bond acceptors (Lipinski definition) is 0. The first-order valence-corrected chi connectivity index (χ1v) is 7.50. The summed E-state index contributed by atoms with van der Waals surface area (Å²) in [6.07, 6.45) is 11.2. The average molecular weight is 250 g/mol. The third kappa shape index (κ3) is 6.78. The van der Waals surface area contributed by atoms with E-state index in [0.29, 0.717) is 6.42 Å². The fourth-order valence-electron chi connectivity index (χ4n) is 2.27. The molecule has 0 saturated heterocycles. The van der Waals surface area contributed by atoms with E-state index < -0.39 is 0 Å². The number of alkyl halides is 1. The summed E-state index contributed by atoms with van der Waals surface area (Å²) in [5.74, 6) is 0. The van der Waals surface area contributed by atoms with Crippen LogP contribution >= 0.6 is 0 Å². The Bertz CT molecular complexity index is 289. The highest BCUT2D eigenvalue weighted by Gasteiger charge is 1.96. The lowest BCUT2D eigenvalue weighted by atomic mass is 10.0. The van der Waals surface area contributed by atoms with E-state index in [2.05, 4.69) is 31.2 Å². The lowest BCUT2D eigenvalue weighted by Gasteiger charge is -2.03. The molecule has 0 aliphatic heterocycles. The second-order valence-corrected chi connectivity index (χ2v) is 5.13. The van der Waals surface area contributed by atoms with Crippen molar-refractivity contribution >= 4 is 0 Å². The van der Waals surface area contributed by atoms with Crippen molar-refractivity contribution in [3.8, 4) is 0 Å². The van der Waals surface area contributed by atoms with Gasteiger partial charge in [0.25, 0.3) is 0 Å². The number of halogens is 1. The van der Waals surface area contributed by atoms with Crippen molar-refractivity contribution in [3.63, 3.8) is 0 Å². The highest BCUT2D eigenvalue weighted by molar-refractivity contribution is 5.22.